The van der Waals surface area contributed by atoms with Gasteiger partial charge in [-0.3, -0.25) is 14.5 Å². The van der Waals surface area contributed by atoms with Crippen molar-refractivity contribution in [3.8, 4) is 0 Å². The Balaban J connectivity index is 0.000000271. The lowest BCUT2D eigenvalue weighted by atomic mass is 9.79. The van der Waals surface area contributed by atoms with Gasteiger partial charge in [0.2, 0.25) is 0 Å². The van der Waals surface area contributed by atoms with Crippen molar-refractivity contribution in [2.75, 3.05) is 26.2 Å². The molecule has 1 aromatic carbocycles. The van der Waals surface area contributed by atoms with Crippen LogP contribution in [0.15, 0.2) is 42.7 Å². The largest absolute Gasteiger partial charge is 0.490 e. The molecule has 2 N–H and O–H groups in total. The molecule has 0 bridgehead atoms. The van der Waals surface area contributed by atoms with Crippen molar-refractivity contribution < 1.29 is 46.1 Å². The number of alkyl halides is 6. The van der Waals surface area contributed by atoms with E-state index in [1.807, 2.05) is 17.9 Å². The van der Waals surface area contributed by atoms with Crippen LogP contribution in [-0.4, -0.2) is 80.3 Å². The number of aliphatic carboxylic acids is 2. The molecule has 14 heteroatoms. The average Bonchev–Trinajstić information content (AvgIpc) is 3.34. The number of carbonyl (C=O) groups is 2. The summed E-state index contributed by atoms with van der Waals surface area (Å²) in [5, 5.41) is 18.5. The minimum atomic E-state index is -5.08. The first-order chi connectivity index (χ1) is 16.6. The highest BCUT2D eigenvalue weighted by Crippen LogP contribution is 2.40. The summed E-state index contributed by atoms with van der Waals surface area (Å²) in [5.74, 6) is -5.51. The highest BCUT2D eigenvalue weighted by molar-refractivity contribution is 5.73. The zero-order valence-corrected chi connectivity index (χ0v) is 19.3. The van der Waals surface area contributed by atoms with Crippen LogP contribution < -0.4 is 0 Å². The van der Waals surface area contributed by atoms with Crippen molar-refractivity contribution in [3.05, 3.63) is 53.9 Å². The third-order valence-electron chi connectivity index (χ3n) is 5.53. The fourth-order valence-corrected chi connectivity index (χ4v) is 4.09. The van der Waals surface area contributed by atoms with Crippen LogP contribution >= 0.6 is 0 Å². The van der Waals surface area contributed by atoms with E-state index in [9.17, 15) is 26.3 Å². The maximum absolute atomic E-state index is 10.6. The van der Waals surface area contributed by atoms with Gasteiger partial charge in [0.15, 0.2) is 0 Å². The number of likely N-dealkylation sites (tertiary alicyclic amines) is 2. The van der Waals surface area contributed by atoms with E-state index >= 15 is 0 Å². The molecule has 0 radical (unpaired) electrons. The lowest BCUT2D eigenvalue weighted by molar-refractivity contribution is -0.193. The molecule has 2 aromatic rings. The summed E-state index contributed by atoms with van der Waals surface area (Å²) < 4.78 is 65.4. The fourth-order valence-electron chi connectivity index (χ4n) is 4.09. The van der Waals surface area contributed by atoms with E-state index in [4.69, 9.17) is 19.8 Å². The maximum atomic E-state index is 10.6. The summed E-state index contributed by atoms with van der Waals surface area (Å²) in [6, 6.07) is 10.8. The quantitative estimate of drug-likeness (QED) is 0.592. The van der Waals surface area contributed by atoms with Crippen molar-refractivity contribution >= 4 is 11.9 Å². The second-order valence-corrected chi connectivity index (χ2v) is 8.72. The van der Waals surface area contributed by atoms with Crippen molar-refractivity contribution in [1.82, 2.24) is 19.6 Å². The van der Waals surface area contributed by atoms with Crippen LogP contribution in [-0.2, 0) is 29.7 Å². The second-order valence-electron chi connectivity index (χ2n) is 8.72. The molecular formula is C22H26F6N4O4. The van der Waals surface area contributed by atoms with E-state index in [-0.39, 0.29) is 0 Å². The molecule has 0 amide bonds. The van der Waals surface area contributed by atoms with Gasteiger partial charge in [0.05, 0.1) is 6.20 Å². The van der Waals surface area contributed by atoms with E-state index in [0.717, 1.165) is 13.1 Å². The Morgan fingerprint density at radius 1 is 0.889 bits per heavy atom. The van der Waals surface area contributed by atoms with E-state index in [1.54, 1.807) is 0 Å². The molecule has 1 aromatic heterocycles. The molecule has 200 valence electrons. The van der Waals surface area contributed by atoms with E-state index < -0.39 is 24.3 Å². The maximum Gasteiger partial charge on any atom is 0.490 e. The first-order valence-corrected chi connectivity index (χ1v) is 10.7. The number of hydrogen-bond acceptors (Lipinski definition) is 5. The van der Waals surface area contributed by atoms with Gasteiger partial charge >= 0.3 is 24.3 Å². The minimum absolute atomic E-state index is 0.553. The number of aromatic nitrogens is 2. The molecule has 0 saturated carbocycles. The second kappa shape index (κ2) is 11.7. The highest BCUT2D eigenvalue weighted by Gasteiger charge is 2.47. The normalized spacial score (nSPS) is 17.4. The van der Waals surface area contributed by atoms with Crippen molar-refractivity contribution in [3.63, 3.8) is 0 Å². The Labute approximate surface area is 202 Å². The number of nitrogens with zero attached hydrogens (tertiary/aromatic N) is 4. The van der Waals surface area contributed by atoms with Gasteiger partial charge in [-0.2, -0.15) is 31.4 Å². The molecule has 4 rings (SSSR count). The third kappa shape index (κ3) is 9.15. The zero-order chi connectivity index (χ0) is 27.1. The smallest absolute Gasteiger partial charge is 0.475 e. The lowest BCUT2D eigenvalue weighted by Crippen LogP contribution is -2.56. The van der Waals surface area contributed by atoms with E-state index in [0.29, 0.717) is 5.41 Å². The number of carboxylic acids is 2. The van der Waals surface area contributed by atoms with Gasteiger partial charge in [-0.15, -0.1) is 0 Å². The lowest BCUT2D eigenvalue weighted by Gasteiger charge is -2.48. The molecule has 8 nitrogen and oxygen atoms in total. The van der Waals surface area contributed by atoms with Gasteiger partial charge < -0.3 is 10.2 Å². The van der Waals surface area contributed by atoms with Crippen molar-refractivity contribution in [2.45, 2.75) is 31.9 Å². The number of carboxylic acid groups (broad SMARTS) is 2. The summed E-state index contributed by atoms with van der Waals surface area (Å²) >= 11 is 0. The highest BCUT2D eigenvalue weighted by atomic mass is 19.4. The molecule has 2 aliphatic heterocycles. The SMILES string of the molecule is Cn1cc(CN2CCC3(C2)CN(Cc2ccccc2)C3)cn1.O=C(O)C(F)(F)F.O=C(O)C(F)(F)F. The van der Waals surface area contributed by atoms with Gasteiger partial charge in [-0.25, -0.2) is 9.59 Å². The summed E-state index contributed by atoms with van der Waals surface area (Å²) in [6.45, 7) is 7.14. The van der Waals surface area contributed by atoms with E-state index in [1.165, 1.54) is 43.7 Å². The Hall–Kier alpha value is -3.13. The molecule has 2 fully saturated rings. The Morgan fingerprint density at radius 2 is 1.36 bits per heavy atom. The topological polar surface area (TPSA) is 98.9 Å². The Morgan fingerprint density at radius 3 is 1.81 bits per heavy atom. The molecule has 0 atom stereocenters. The summed E-state index contributed by atoms with van der Waals surface area (Å²) in [7, 11) is 1.99. The van der Waals surface area contributed by atoms with Crippen LogP contribution in [0.25, 0.3) is 0 Å². The molecule has 1 spiro atoms. The van der Waals surface area contributed by atoms with Gasteiger partial charge in [0.25, 0.3) is 0 Å². The van der Waals surface area contributed by atoms with Crippen LogP contribution in [0.1, 0.15) is 17.5 Å². The van der Waals surface area contributed by atoms with Crippen LogP contribution in [0.3, 0.4) is 0 Å². The number of rotatable bonds is 4. The molecule has 0 aliphatic carbocycles. The molecule has 3 heterocycles. The van der Waals surface area contributed by atoms with E-state index in [2.05, 4.69) is 51.4 Å². The predicted molar refractivity (Wildman–Crippen MR) is 115 cm³/mol. The number of halogens is 6. The van der Waals surface area contributed by atoms with Crippen molar-refractivity contribution in [1.29, 1.82) is 0 Å². The first kappa shape index (κ1) is 29.1. The number of aryl methyl sites for hydroxylation is 1. The summed E-state index contributed by atoms with van der Waals surface area (Å²) in [6.07, 6.45) is -4.69. The van der Waals surface area contributed by atoms with Gasteiger partial charge in [-0.1, -0.05) is 30.3 Å². The summed E-state index contributed by atoms with van der Waals surface area (Å²) in [4.78, 5) is 23.0. The number of benzene rings is 1. The molecular weight excluding hydrogens is 498 g/mol. The van der Waals surface area contributed by atoms with Gasteiger partial charge in [0.1, 0.15) is 0 Å². The third-order valence-corrected chi connectivity index (χ3v) is 5.53. The van der Waals surface area contributed by atoms with Crippen LogP contribution in [0.5, 0.6) is 0 Å². The first-order valence-electron chi connectivity index (χ1n) is 10.7. The number of hydrogen-bond donors (Lipinski definition) is 2. The van der Waals surface area contributed by atoms with Crippen LogP contribution in [0.4, 0.5) is 26.3 Å². The van der Waals surface area contributed by atoms with Crippen molar-refractivity contribution in [2.24, 2.45) is 12.5 Å². The zero-order valence-electron chi connectivity index (χ0n) is 19.3. The molecule has 2 saturated heterocycles. The van der Waals surface area contributed by atoms with Crippen LogP contribution in [0.2, 0.25) is 0 Å². The average molecular weight is 524 g/mol. The standard InChI is InChI=1S/C18H24N4.2C2HF3O2/c1-20-10-17(9-19-20)12-21-8-7-18(13-21)14-22(15-18)11-16-5-3-2-4-6-16;2*3-2(4,5)1(6)7/h2-6,9-10H,7-8,11-15H2,1H3;2*(H,6,7). The monoisotopic (exact) mass is 524 g/mol. The predicted octanol–water partition coefficient (Wildman–Crippen LogP) is 3.39. The molecule has 2 aliphatic rings. The van der Waals surface area contributed by atoms with Crippen LogP contribution in [0, 0.1) is 5.41 Å². The Kier molecular flexibility index (Phi) is 9.49. The Bertz CT molecular complexity index is 980. The minimum Gasteiger partial charge on any atom is -0.475 e. The van der Waals surface area contributed by atoms with Gasteiger partial charge in [-0.05, 0) is 18.5 Å². The fraction of sp³-hybridized carbons (Fsp3) is 0.500. The molecule has 36 heavy (non-hydrogen) atoms. The summed E-state index contributed by atoms with van der Waals surface area (Å²) in [5.41, 5.74) is 3.32. The van der Waals surface area contributed by atoms with Gasteiger partial charge in [0, 0.05) is 56.9 Å². The molecule has 0 unspecified atom stereocenters.